The van der Waals surface area contributed by atoms with Gasteiger partial charge in [-0.25, -0.2) is 0 Å². The number of benzene rings is 2. The van der Waals surface area contributed by atoms with E-state index >= 15 is 0 Å². The van der Waals surface area contributed by atoms with E-state index in [1.807, 2.05) is 32.0 Å². The Labute approximate surface area is 126 Å². The topological polar surface area (TPSA) is 12.0 Å². The van der Waals surface area contributed by atoms with Crippen LogP contribution in [0.1, 0.15) is 22.3 Å². The van der Waals surface area contributed by atoms with Crippen LogP contribution in [0.3, 0.4) is 0 Å². The zero-order valence-electron chi connectivity index (χ0n) is 11.7. The Bertz CT molecular complexity index is 630. The number of nitrogens with one attached hydrogen (secondary N) is 1. The van der Waals surface area contributed by atoms with Crippen molar-refractivity contribution in [2.75, 3.05) is 5.32 Å². The summed E-state index contributed by atoms with van der Waals surface area (Å²) < 4.78 is 39.0. The zero-order chi connectivity index (χ0) is 15.6. The van der Waals surface area contributed by atoms with E-state index in [9.17, 15) is 13.2 Å². The van der Waals surface area contributed by atoms with Crippen molar-refractivity contribution in [2.45, 2.75) is 26.6 Å². The zero-order valence-corrected chi connectivity index (χ0v) is 12.4. The van der Waals surface area contributed by atoms with Crippen LogP contribution in [-0.4, -0.2) is 0 Å². The fourth-order valence-corrected chi connectivity index (χ4v) is 2.39. The summed E-state index contributed by atoms with van der Waals surface area (Å²) >= 11 is 5.66. The van der Waals surface area contributed by atoms with Gasteiger partial charge in [-0.3, -0.25) is 0 Å². The second kappa shape index (κ2) is 5.98. The number of aryl methyl sites for hydroxylation is 2. The molecule has 0 aliphatic heterocycles. The molecule has 0 heterocycles. The highest BCUT2D eigenvalue weighted by atomic mass is 35.5. The Morgan fingerprint density at radius 1 is 1.05 bits per heavy atom. The molecule has 1 N–H and O–H groups in total. The molecule has 0 fully saturated rings. The highest BCUT2D eigenvalue weighted by Crippen LogP contribution is 2.36. The van der Waals surface area contributed by atoms with Crippen LogP contribution in [0, 0.1) is 13.8 Å². The molecule has 2 rings (SSSR count). The maximum Gasteiger partial charge on any atom is 0.418 e. The van der Waals surface area contributed by atoms with Crippen LogP contribution in [0.4, 0.5) is 18.9 Å². The molecule has 1 nitrogen and oxygen atoms in total. The maximum atomic E-state index is 13.0. The van der Waals surface area contributed by atoms with Crippen molar-refractivity contribution in [1.82, 2.24) is 0 Å². The molecule has 0 aromatic heterocycles. The van der Waals surface area contributed by atoms with E-state index in [0.29, 0.717) is 6.54 Å². The predicted molar refractivity (Wildman–Crippen MR) is 79.7 cm³/mol. The van der Waals surface area contributed by atoms with E-state index < -0.39 is 11.7 Å². The molecule has 5 heteroatoms. The second-order valence-corrected chi connectivity index (χ2v) is 5.35. The van der Waals surface area contributed by atoms with E-state index in [2.05, 4.69) is 5.32 Å². The summed E-state index contributed by atoms with van der Waals surface area (Å²) in [7, 11) is 0. The van der Waals surface area contributed by atoms with Gasteiger partial charge in [-0.2, -0.15) is 13.2 Å². The van der Waals surface area contributed by atoms with Crippen molar-refractivity contribution in [1.29, 1.82) is 0 Å². The minimum atomic E-state index is -4.44. The third-order valence-corrected chi connectivity index (χ3v) is 3.62. The number of halogens is 4. The van der Waals surface area contributed by atoms with Gasteiger partial charge in [0.25, 0.3) is 0 Å². The van der Waals surface area contributed by atoms with Crippen molar-refractivity contribution in [3.8, 4) is 0 Å². The first kappa shape index (κ1) is 15.7. The Morgan fingerprint density at radius 2 is 1.67 bits per heavy atom. The molecular formula is C16H15ClF3N. The first-order valence-corrected chi connectivity index (χ1v) is 6.82. The summed E-state index contributed by atoms with van der Waals surface area (Å²) in [6.07, 6.45) is -4.44. The van der Waals surface area contributed by atoms with Crippen LogP contribution < -0.4 is 5.32 Å². The van der Waals surface area contributed by atoms with E-state index in [0.717, 1.165) is 22.8 Å². The molecule has 0 saturated heterocycles. The summed E-state index contributed by atoms with van der Waals surface area (Å²) in [5.74, 6) is 0. The van der Waals surface area contributed by atoms with Crippen molar-refractivity contribution < 1.29 is 13.2 Å². The monoisotopic (exact) mass is 313 g/mol. The maximum absolute atomic E-state index is 13.0. The number of rotatable bonds is 3. The van der Waals surface area contributed by atoms with Gasteiger partial charge in [0.05, 0.1) is 5.56 Å². The van der Waals surface area contributed by atoms with Crippen molar-refractivity contribution in [2.24, 2.45) is 0 Å². The van der Waals surface area contributed by atoms with Gasteiger partial charge < -0.3 is 5.32 Å². The molecule has 0 unspecified atom stereocenters. The van der Waals surface area contributed by atoms with E-state index in [4.69, 9.17) is 11.6 Å². The lowest BCUT2D eigenvalue weighted by atomic mass is 10.0. The smallest absolute Gasteiger partial charge is 0.380 e. The molecule has 2 aromatic rings. The van der Waals surface area contributed by atoms with Gasteiger partial charge in [-0.1, -0.05) is 29.8 Å². The largest absolute Gasteiger partial charge is 0.418 e. The van der Waals surface area contributed by atoms with Gasteiger partial charge in [0.1, 0.15) is 0 Å². The first-order chi connectivity index (χ1) is 9.79. The van der Waals surface area contributed by atoms with Gasteiger partial charge in [-0.05, 0) is 48.7 Å². The van der Waals surface area contributed by atoms with E-state index in [-0.39, 0.29) is 10.7 Å². The average molecular weight is 314 g/mol. The molecule has 0 bridgehead atoms. The summed E-state index contributed by atoms with van der Waals surface area (Å²) in [6, 6.07) is 9.56. The molecule has 21 heavy (non-hydrogen) atoms. The second-order valence-electron chi connectivity index (χ2n) is 4.91. The lowest BCUT2D eigenvalue weighted by molar-refractivity contribution is -0.136. The Hall–Kier alpha value is -1.68. The van der Waals surface area contributed by atoms with Gasteiger partial charge >= 0.3 is 6.18 Å². The highest BCUT2D eigenvalue weighted by Gasteiger charge is 2.33. The molecule has 0 spiro atoms. The van der Waals surface area contributed by atoms with Crippen LogP contribution in [0.5, 0.6) is 0 Å². The fourth-order valence-electron chi connectivity index (χ4n) is 2.22. The van der Waals surface area contributed by atoms with Crippen molar-refractivity contribution in [3.63, 3.8) is 0 Å². The summed E-state index contributed by atoms with van der Waals surface area (Å²) in [5, 5.41) is 2.94. The van der Waals surface area contributed by atoms with Crippen LogP contribution in [0.2, 0.25) is 5.02 Å². The summed E-state index contributed by atoms with van der Waals surface area (Å²) in [4.78, 5) is 0. The van der Waals surface area contributed by atoms with Crippen LogP contribution in [0.25, 0.3) is 0 Å². The molecule has 0 aliphatic carbocycles. The average Bonchev–Trinajstić information content (AvgIpc) is 2.38. The normalized spacial score (nSPS) is 11.5. The summed E-state index contributed by atoms with van der Waals surface area (Å²) in [6.45, 7) is 4.22. The Balaban J connectivity index is 2.29. The van der Waals surface area contributed by atoms with Crippen LogP contribution in [-0.2, 0) is 12.7 Å². The first-order valence-electron chi connectivity index (χ1n) is 6.45. The van der Waals surface area contributed by atoms with Crippen LogP contribution in [0.15, 0.2) is 36.4 Å². The predicted octanol–water partition coefficient (Wildman–Crippen LogP) is 5.59. The minimum absolute atomic E-state index is 0.0366. The molecule has 0 atom stereocenters. The van der Waals surface area contributed by atoms with Gasteiger partial charge in [0.2, 0.25) is 0 Å². The van der Waals surface area contributed by atoms with Crippen LogP contribution >= 0.6 is 11.6 Å². The molecular weight excluding hydrogens is 299 g/mol. The SMILES string of the molecule is Cc1cccc(C)c1CNc1ccc(Cl)cc1C(F)(F)F. The van der Waals surface area contributed by atoms with Crippen molar-refractivity contribution >= 4 is 17.3 Å². The number of anilines is 1. The van der Waals surface area contributed by atoms with E-state index in [1.165, 1.54) is 12.1 Å². The van der Waals surface area contributed by atoms with E-state index in [1.54, 1.807) is 0 Å². The van der Waals surface area contributed by atoms with Gasteiger partial charge in [0.15, 0.2) is 0 Å². The molecule has 112 valence electrons. The third-order valence-electron chi connectivity index (χ3n) is 3.39. The fraction of sp³-hybridized carbons (Fsp3) is 0.250. The lowest BCUT2D eigenvalue weighted by Gasteiger charge is -2.16. The summed E-state index contributed by atoms with van der Waals surface area (Å²) in [5.41, 5.74) is 2.38. The Kier molecular flexibility index (Phi) is 4.47. The highest BCUT2D eigenvalue weighted by molar-refractivity contribution is 6.30. The molecule has 2 aromatic carbocycles. The van der Waals surface area contributed by atoms with Crippen molar-refractivity contribution in [3.05, 3.63) is 63.7 Å². The quantitative estimate of drug-likeness (QED) is 0.779. The van der Waals surface area contributed by atoms with Gasteiger partial charge in [-0.15, -0.1) is 0 Å². The molecule has 0 aliphatic rings. The number of alkyl halides is 3. The number of hydrogen-bond donors (Lipinski definition) is 1. The van der Waals surface area contributed by atoms with Gasteiger partial charge in [0, 0.05) is 17.3 Å². The molecule has 0 radical (unpaired) electrons. The Morgan fingerprint density at radius 3 is 2.24 bits per heavy atom. The lowest BCUT2D eigenvalue weighted by Crippen LogP contribution is -2.11. The molecule has 0 amide bonds. The number of hydrogen-bond acceptors (Lipinski definition) is 1. The third kappa shape index (κ3) is 3.70. The minimum Gasteiger partial charge on any atom is -0.380 e. The molecule has 0 saturated carbocycles. The standard InChI is InChI=1S/C16H15ClF3N/c1-10-4-3-5-11(2)13(10)9-21-15-7-6-12(17)8-14(15)16(18,19)20/h3-8,21H,9H2,1-2H3.